The Balaban J connectivity index is 2.03. The fourth-order valence-electron chi connectivity index (χ4n) is 1.45. The normalized spacial score (nSPS) is 10.3. The van der Waals surface area contributed by atoms with E-state index in [1.165, 1.54) is 22.0 Å². The molecule has 0 atom stereocenters. The number of hydrogen-bond acceptors (Lipinski definition) is 4. The first-order valence-corrected chi connectivity index (χ1v) is 6.24. The molecule has 0 saturated carbocycles. The first-order chi connectivity index (χ1) is 8.56. The van der Waals surface area contributed by atoms with Crippen LogP contribution >= 0.6 is 11.3 Å². The monoisotopic (exact) mass is 263 g/mol. The predicted molar refractivity (Wildman–Crippen MR) is 69.7 cm³/mol. The molecule has 0 aliphatic carbocycles. The van der Waals surface area contributed by atoms with E-state index in [0.29, 0.717) is 12.1 Å². The molecule has 1 amide bonds. The summed E-state index contributed by atoms with van der Waals surface area (Å²) in [5, 5.41) is 3.72. The van der Waals surface area contributed by atoms with Crippen molar-refractivity contribution in [2.45, 2.75) is 13.5 Å². The van der Waals surface area contributed by atoms with Crippen molar-refractivity contribution in [2.75, 3.05) is 0 Å². The third-order valence-corrected chi connectivity index (χ3v) is 3.37. The summed E-state index contributed by atoms with van der Waals surface area (Å²) in [6.45, 7) is 2.34. The highest BCUT2D eigenvalue weighted by molar-refractivity contribution is 7.11. The summed E-state index contributed by atoms with van der Waals surface area (Å²) in [6, 6.07) is 2.95. The van der Waals surface area contributed by atoms with Crippen LogP contribution in [0.5, 0.6) is 0 Å². The third kappa shape index (κ3) is 2.84. The second-order valence-corrected chi connectivity index (χ2v) is 5.21. The van der Waals surface area contributed by atoms with E-state index in [9.17, 15) is 9.59 Å². The van der Waals surface area contributed by atoms with Gasteiger partial charge in [0.25, 0.3) is 11.5 Å². The molecule has 0 aliphatic heterocycles. The van der Waals surface area contributed by atoms with E-state index >= 15 is 0 Å². The van der Waals surface area contributed by atoms with E-state index in [1.807, 2.05) is 6.92 Å². The van der Waals surface area contributed by atoms with E-state index < -0.39 is 0 Å². The summed E-state index contributed by atoms with van der Waals surface area (Å²) in [5.41, 5.74) is 0.177. The lowest BCUT2D eigenvalue weighted by atomic mass is 10.2. The van der Waals surface area contributed by atoms with Crippen molar-refractivity contribution in [2.24, 2.45) is 7.05 Å². The van der Waals surface area contributed by atoms with Crippen LogP contribution in [0.4, 0.5) is 0 Å². The predicted octanol–water partition coefficient (Wildman–Crippen LogP) is 1.08. The van der Waals surface area contributed by atoms with Gasteiger partial charge in [-0.25, -0.2) is 4.98 Å². The topological polar surface area (TPSA) is 64.0 Å². The van der Waals surface area contributed by atoms with Gasteiger partial charge in [-0.1, -0.05) is 0 Å². The van der Waals surface area contributed by atoms with Crippen molar-refractivity contribution in [3.8, 4) is 0 Å². The molecule has 1 N–H and O–H groups in total. The number of carbonyl (C=O) groups is 1. The van der Waals surface area contributed by atoms with Crippen molar-refractivity contribution in [1.29, 1.82) is 0 Å². The van der Waals surface area contributed by atoms with Crippen molar-refractivity contribution in [1.82, 2.24) is 14.9 Å². The highest BCUT2D eigenvalue weighted by Gasteiger charge is 2.07. The molecule has 0 aromatic carbocycles. The van der Waals surface area contributed by atoms with Crippen LogP contribution in [0.1, 0.15) is 20.2 Å². The minimum atomic E-state index is -0.251. The van der Waals surface area contributed by atoms with Gasteiger partial charge in [-0.05, 0) is 13.0 Å². The largest absolute Gasteiger partial charge is 0.347 e. The number of amides is 1. The maximum absolute atomic E-state index is 11.8. The zero-order valence-electron chi connectivity index (χ0n) is 10.1. The van der Waals surface area contributed by atoms with Crippen LogP contribution in [0, 0.1) is 6.92 Å². The van der Waals surface area contributed by atoms with Gasteiger partial charge in [0.1, 0.15) is 0 Å². The van der Waals surface area contributed by atoms with Crippen LogP contribution in [-0.2, 0) is 13.6 Å². The molecule has 5 nitrogen and oxygen atoms in total. The van der Waals surface area contributed by atoms with E-state index in [0.717, 1.165) is 9.88 Å². The molecule has 18 heavy (non-hydrogen) atoms. The van der Waals surface area contributed by atoms with Crippen molar-refractivity contribution < 1.29 is 4.79 Å². The number of nitrogens with zero attached hydrogens (tertiary/aromatic N) is 2. The SMILES string of the molecule is Cc1ncc(CNC(=O)c2ccn(C)c(=O)c2)s1. The van der Waals surface area contributed by atoms with Crippen LogP contribution in [0.15, 0.2) is 29.3 Å². The second kappa shape index (κ2) is 5.14. The first-order valence-electron chi connectivity index (χ1n) is 5.42. The Hall–Kier alpha value is -1.95. The summed E-state index contributed by atoms with van der Waals surface area (Å²) < 4.78 is 1.42. The number of pyridine rings is 1. The standard InChI is InChI=1S/C12H13N3O2S/c1-8-13-6-10(18-8)7-14-12(17)9-3-4-15(2)11(16)5-9/h3-6H,7H2,1-2H3,(H,14,17). The zero-order chi connectivity index (χ0) is 13.1. The van der Waals surface area contributed by atoms with Crippen LogP contribution in [0.3, 0.4) is 0 Å². The van der Waals surface area contributed by atoms with Crippen LogP contribution in [0.2, 0.25) is 0 Å². The molecule has 0 fully saturated rings. The molecule has 2 heterocycles. The summed E-state index contributed by atoms with van der Waals surface area (Å²) in [6.07, 6.45) is 3.32. The van der Waals surface area contributed by atoms with Gasteiger partial charge < -0.3 is 9.88 Å². The number of aryl methyl sites for hydroxylation is 2. The Morgan fingerprint density at radius 1 is 1.56 bits per heavy atom. The van der Waals surface area contributed by atoms with Gasteiger partial charge in [-0.3, -0.25) is 9.59 Å². The zero-order valence-corrected chi connectivity index (χ0v) is 11.0. The quantitative estimate of drug-likeness (QED) is 0.901. The molecule has 0 radical (unpaired) electrons. The minimum Gasteiger partial charge on any atom is -0.347 e. The van der Waals surface area contributed by atoms with Gasteiger partial charge in [-0.2, -0.15) is 0 Å². The summed E-state index contributed by atoms with van der Waals surface area (Å²) in [4.78, 5) is 28.3. The summed E-state index contributed by atoms with van der Waals surface area (Å²) in [5.74, 6) is -0.251. The van der Waals surface area contributed by atoms with Gasteiger partial charge in [0.2, 0.25) is 0 Å². The maximum atomic E-state index is 11.8. The fraction of sp³-hybridized carbons (Fsp3) is 0.250. The average Bonchev–Trinajstić information content (AvgIpc) is 2.75. The van der Waals surface area contributed by atoms with E-state index in [1.54, 1.807) is 25.5 Å². The molecular weight excluding hydrogens is 250 g/mol. The highest BCUT2D eigenvalue weighted by Crippen LogP contribution is 2.10. The van der Waals surface area contributed by atoms with E-state index in [-0.39, 0.29) is 11.5 Å². The first kappa shape index (κ1) is 12.5. The molecule has 2 aromatic heterocycles. The fourth-order valence-corrected chi connectivity index (χ4v) is 2.18. The Bertz CT molecular complexity index is 630. The Morgan fingerprint density at radius 2 is 2.33 bits per heavy atom. The summed E-state index contributed by atoms with van der Waals surface area (Å²) in [7, 11) is 1.64. The lowest BCUT2D eigenvalue weighted by Crippen LogP contribution is -2.25. The molecule has 0 unspecified atom stereocenters. The summed E-state index contributed by atoms with van der Waals surface area (Å²) >= 11 is 1.54. The number of aromatic nitrogens is 2. The van der Waals surface area contributed by atoms with E-state index in [4.69, 9.17) is 0 Å². The molecule has 2 rings (SSSR count). The van der Waals surface area contributed by atoms with Crippen LogP contribution < -0.4 is 10.9 Å². The van der Waals surface area contributed by atoms with Gasteiger partial charge in [0, 0.05) is 35.9 Å². The van der Waals surface area contributed by atoms with Gasteiger partial charge in [0.05, 0.1) is 11.6 Å². The molecule has 0 saturated heterocycles. The van der Waals surface area contributed by atoms with E-state index in [2.05, 4.69) is 10.3 Å². The molecule has 0 bridgehead atoms. The number of thiazole rings is 1. The van der Waals surface area contributed by atoms with Crippen molar-refractivity contribution in [3.05, 3.63) is 50.3 Å². The molecule has 6 heteroatoms. The highest BCUT2D eigenvalue weighted by atomic mass is 32.1. The molecule has 94 valence electrons. The minimum absolute atomic E-state index is 0.198. The average molecular weight is 263 g/mol. The van der Waals surface area contributed by atoms with Crippen LogP contribution in [-0.4, -0.2) is 15.5 Å². The van der Waals surface area contributed by atoms with Crippen molar-refractivity contribution >= 4 is 17.2 Å². The molecule has 0 spiro atoms. The second-order valence-electron chi connectivity index (χ2n) is 3.89. The number of hydrogen-bond donors (Lipinski definition) is 1. The molecule has 0 aliphatic rings. The number of rotatable bonds is 3. The van der Waals surface area contributed by atoms with Gasteiger partial charge in [-0.15, -0.1) is 11.3 Å². The Morgan fingerprint density at radius 3 is 2.94 bits per heavy atom. The van der Waals surface area contributed by atoms with Gasteiger partial charge >= 0.3 is 0 Å². The number of nitrogens with one attached hydrogen (secondary N) is 1. The molecule has 2 aromatic rings. The Kier molecular flexibility index (Phi) is 3.57. The Labute approximate surface area is 108 Å². The van der Waals surface area contributed by atoms with Crippen LogP contribution in [0.25, 0.3) is 0 Å². The third-order valence-electron chi connectivity index (χ3n) is 2.46. The smallest absolute Gasteiger partial charge is 0.251 e. The van der Waals surface area contributed by atoms with Crippen molar-refractivity contribution in [3.63, 3.8) is 0 Å². The lowest BCUT2D eigenvalue weighted by molar-refractivity contribution is 0.0951. The molecular formula is C12H13N3O2S. The number of carbonyl (C=O) groups excluding carboxylic acids is 1. The maximum Gasteiger partial charge on any atom is 0.251 e. The van der Waals surface area contributed by atoms with Gasteiger partial charge in [0.15, 0.2) is 0 Å². The lowest BCUT2D eigenvalue weighted by Gasteiger charge is -2.03.